The van der Waals surface area contributed by atoms with Crippen LogP contribution in [0.5, 0.6) is 0 Å². The molecule has 67 heavy (non-hydrogen) atoms. The molecule has 314 valence electrons. The van der Waals surface area contributed by atoms with Crippen LogP contribution in [0.4, 0.5) is 17.1 Å². The lowest BCUT2D eigenvalue weighted by atomic mass is 9.67. The van der Waals surface area contributed by atoms with Crippen LogP contribution in [0, 0.1) is 0 Å². The largest absolute Gasteiger partial charge is 0.455 e. The van der Waals surface area contributed by atoms with Gasteiger partial charge >= 0.3 is 0 Å². The molecule has 0 radical (unpaired) electrons. The highest BCUT2D eigenvalue weighted by Crippen LogP contribution is 2.57. The van der Waals surface area contributed by atoms with E-state index in [4.69, 9.17) is 4.42 Å². The Kier molecular flexibility index (Phi) is 9.11. The summed E-state index contributed by atoms with van der Waals surface area (Å²) in [6, 6.07) is 94.9. The Bertz CT molecular complexity index is 3720. The standard InChI is InChI=1S/C65H43NO/c1-5-18-44(19-6-1)46-32-34-48(35-33-46)57-43-58-63-61(30-17-31-62(63)67-64(58)56-28-14-13-26-53(56)57)66(51-38-36-47(37-39-51)45-20-7-2-8-21-45)52-40-41-55-54-27-15-16-29-59(54)65(60(55)42-52,49-22-9-3-10-23-49)50-24-11-4-12-25-50/h1-43H. The van der Waals surface area contributed by atoms with Crippen LogP contribution >= 0.6 is 0 Å². The van der Waals surface area contributed by atoms with Gasteiger partial charge in [0.25, 0.3) is 0 Å². The highest BCUT2D eigenvalue weighted by molar-refractivity contribution is 6.22. The minimum atomic E-state index is -0.550. The van der Waals surface area contributed by atoms with E-state index < -0.39 is 5.41 Å². The van der Waals surface area contributed by atoms with Crippen molar-refractivity contribution in [3.8, 4) is 44.5 Å². The van der Waals surface area contributed by atoms with Gasteiger partial charge in [-0.15, -0.1) is 0 Å². The van der Waals surface area contributed by atoms with E-state index in [1.54, 1.807) is 0 Å². The lowest BCUT2D eigenvalue weighted by Gasteiger charge is -2.35. The molecular formula is C65H43NO. The highest BCUT2D eigenvalue weighted by atomic mass is 16.3. The van der Waals surface area contributed by atoms with Crippen LogP contribution < -0.4 is 4.90 Å². The third kappa shape index (κ3) is 6.18. The average Bonchev–Trinajstić information content (AvgIpc) is 3.94. The molecule has 0 aliphatic heterocycles. The first-order chi connectivity index (χ1) is 33.2. The van der Waals surface area contributed by atoms with E-state index in [1.165, 1.54) is 61.2 Å². The molecule has 12 aromatic rings. The predicted octanol–water partition coefficient (Wildman–Crippen LogP) is 17.6. The van der Waals surface area contributed by atoms with Crippen molar-refractivity contribution < 1.29 is 4.42 Å². The van der Waals surface area contributed by atoms with E-state index in [0.29, 0.717) is 0 Å². The first-order valence-electron chi connectivity index (χ1n) is 23.1. The van der Waals surface area contributed by atoms with Crippen molar-refractivity contribution in [3.63, 3.8) is 0 Å². The summed E-state index contributed by atoms with van der Waals surface area (Å²) in [5, 5.41) is 4.40. The molecule has 0 bridgehead atoms. The molecule has 0 spiro atoms. The number of nitrogens with zero attached hydrogens (tertiary/aromatic N) is 1. The van der Waals surface area contributed by atoms with Crippen LogP contribution in [0.2, 0.25) is 0 Å². The molecular weight excluding hydrogens is 811 g/mol. The Morgan fingerprint density at radius 2 is 0.821 bits per heavy atom. The number of fused-ring (bicyclic) bond motifs is 8. The molecule has 11 aromatic carbocycles. The van der Waals surface area contributed by atoms with Crippen LogP contribution in [0.15, 0.2) is 265 Å². The van der Waals surface area contributed by atoms with Crippen LogP contribution in [0.1, 0.15) is 22.3 Å². The molecule has 2 nitrogen and oxygen atoms in total. The minimum absolute atomic E-state index is 0.550. The van der Waals surface area contributed by atoms with E-state index in [-0.39, 0.29) is 0 Å². The Hall–Kier alpha value is -8.72. The van der Waals surface area contributed by atoms with E-state index in [9.17, 15) is 0 Å². The fourth-order valence-electron chi connectivity index (χ4n) is 11.0. The topological polar surface area (TPSA) is 16.4 Å². The maximum absolute atomic E-state index is 7.01. The zero-order valence-electron chi connectivity index (χ0n) is 36.7. The normalized spacial score (nSPS) is 12.6. The quantitative estimate of drug-likeness (QED) is 0.151. The van der Waals surface area contributed by atoms with Gasteiger partial charge in [-0.05, 0) is 115 Å². The first kappa shape index (κ1) is 38.7. The van der Waals surface area contributed by atoms with Crippen molar-refractivity contribution >= 4 is 49.8 Å². The number of furan rings is 1. The number of benzene rings is 11. The lowest BCUT2D eigenvalue weighted by molar-refractivity contribution is 0.672. The predicted molar refractivity (Wildman–Crippen MR) is 280 cm³/mol. The van der Waals surface area contributed by atoms with Gasteiger partial charge in [0.2, 0.25) is 0 Å². The van der Waals surface area contributed by atoms with Crippen molar-refractivity contribution in [1.82, 2.24) is 0 Å². The van der Waals surface area contributed by atoms with Crippen molar-refractivity contribution in [2.75, 3.05) is 4.90 Å². The second-order valence-electron chi connectivity index (χ2n) is 17.5. The monoisotopic (exact) mass is 853 g/mol. The Labute approximate surface area is 390 Å². The first-order valence-corrected chi connectivity index (χ1v) is 23.1. The molecule has 0 saturated heterocycles. The molecule has 0 fully saturated rings. The SMILES string of the molecule is c1ccc(-c2ccc(-c3cc4c(oc5cccc(N(c6ccc(-c7ccccc7)cc6)c6ccc7c(c6)C(c6ccccc6)(c6ccccc6)c6ccccc6-7)c54)c4ccccc34)cc2)cc1. The Balaban J connectivity index is 1.07. The molecule has 0 atom stereocenters. The maximum atomic E-state index is 7.01. The van der Waals surface area contributed by atoms with Gasteiger partial charge in [0.05, 0.1) is 16.5 Å². The zero-order chi connectivity index (χ0) is 44.3. The summed E-state index contributed by atoms with van der Waals surface area (Å²) in [4.78, 5) is 2.44. The van der Waals surface area contributed by atoms with Gasteiger partial charge in [0.15, 0.2) is 0 Å². The second-order valence-corrected chi connectivity index (χ2v) is 17.5. The van der Waals surface area contributed by atoms with Gasteiger partial charge in [0.1, 0.15) is 11.2 Å². The molecule has 0 amide bonds. The highest BCUT2D eigenvalue weighted by Gasteiger charge is 2.46. The zero-order valence-corrected chi connectivity index (χ0v) is 36.7. The molecule has 1 aromatic heterocycles. The third-order valence-corrected chi connectivity index (χ3v) is 14.0. The molecule has 1 heterocycles. The number of anilines is 3. The molecule has 0 unspecified atom stereocenters. The number of hydrogen-bond acceptors (Lipinski definition) is 2. The Morgan fingerprint density at radius 1 is 0.313 bits per heavy atom. The molecule has 0 N–H and O–H groups in total. The average molecular weight is 854 g/mol. The molecule has 1 aliphatic rings. The Morgan fingerprint density at radius 3 is 1.48 bits per heavy atom. The fraction of sp³-hybridized carbons (Fsp3) is 0.0154. The summed E-state index contributed by atoms with van der Waals surface area (Å²) in [5.41, 5.74) is 19.0. The van der Waals surface area contributed by atoms with E-state index in [1.807, 2.05) is 0 Å². The smallest absolute Gasteiger partial charge is 0.143 e. The number of hydrogen-bond donors (Lipinski definition) is 0. The van der Waals surface area contributed by atoms with Crippen molar-refractivity contribution in [1.29, 1.82) is 0 Å². The summed E-state index contributed by atoms with van der Waals surface area (Å²) in [5.74, 6) is 0. The van der Waals surface area contributed by atoms with E-state index in [2.05, 4.69) is 266 Å². The van der Waals surface area contributed by atoms with Gasteiger partial charge in [-0.25, -0.2) is 0 Å². The van der Waals surface area contributed by atoms with Gasteiger partial charge in [-0.1, -0.05) is 218 Å². The molecule has 2 heteroatoms. The van der Waals surface area contributed by atoms with Crippen LogP contribution in [0.3, 0.4) is 0 Å². The van der Waals surface area contributed by atoms with Crippen LogP contribution in [-0.2, 0) is 5.41 Å². The van der Waals surface area contributed by atoms with E-state index >= 15 is 0 Å². The third-order valence-electron chi connectivity index (χ3n) is 14.0. The van der Waals surface area contributed by atoms with Crippen molar-refractivity contribution in [2.24, 2.45) is 0 Å². The van der Waals surface area contributed by atoms with E-state index in [0.717, 1.165) is 55.3 Å². The molecule has 1 aliphatic carbocycles. The summed E-state index contributed by atoms with van der Waals surface area (Å²) in [6.45, 7) is 0. The van der Waals surface area contributed by atoms with Gasteiger partial charge in [0, 0.05) is 22.1 Å². The number of rotatable bonds is 8. The second kappa shape index (κ2) is 15.8. The van der Waals surface area contributed by atoms with Crippen LogP contribution in [-0.4, -0.2) is 0 Å². The fourth-order valence-corrected chi connectivity index (χ4v) is 11.0. The summed E-state index contributed by atoms with van der Waals surface area (Å²) in [6.07, 6.45) is 0. The summed E-state index contributed by atoms with van der Waals surface area (Å²) in [7, 11) is 0. The lowest BCUT2D eigenvalue weighted by Crippen LogP contribution is -2.28. The van der Waals surface area contributed by atoms with Gasteiger partial charge in [-0.3, -0.25) is 0 Å². The summed E-state index contributed by atoms with van der Waals surface area (Å²) >= 11 is 0. The minimum Gasteiger partial charge on any atom is -0.455 e. The van der Waals surface area contributed by atoms with Crippen molar-refractivity contribution in [3.05, 3.63) is 283 Å². The van der Waals surface area contributed by atoms with Crippen molar-refractivity contribution in [2.45, 2.75) is 5.41 Å². The summed E-state index contributed by atoms with van der Waals surface area (Å²) < 4.78 is 7.01. The van der Waals surface area contributed by atoms with Gasteiger partial charge in [-0.2, -0.15) is 0 Å². The maximum Gasteiger partial charge on any atom is 0.143 e. The molecule has 13 rings (SSSR count). The molecule has 0 saturated carbocycles. The van der Waals surface area contributed by atoms with Crippen LogP contribution in [0.25, 0.3) is 77.2 Å². The van der Waals surface area contributed by atoms with Gasteiger partial charge < -0.3 is 9.32 Å².